The van der Waals surface area contributed by atoms with E-state index < -0.39 is 11.9 Å². The second-order valence-corrected chi connectivity index (χ2v) is 6.73. The number of carbonyl (C=O) groups excluding carboxylic acids is 3. The molecule has 6 nitrogen and oxygen atoms in total. The molecule has 0 aliphatic carbocycles. The highest BCUT2D eigenvalue weighted by Crippen LogP contribution is 2.19. The maximum Gasteiger partial charge on any atom is 0.306 e. The number of halogens is 1. The molecule has 2 aromatic rings. The highest BCUT2D eigenvalue weighted by molar-refractivity contribution is 7.08. The van der Waals surface area contributed by atoms with Gasteiger partial charge in [-0.1, -0.05) is 17.7 Å². The molecule has 0 aliphatic rings. The number of rotatable bonds is 8. The van der Waals surface area contributed by atoms with Gasteiger partial charge in [0.1, 0.15) is 0 Å². The predicted molar refractivity (Wildman–Crippen MR) is 102 cm³/mol. The van der Waals surface area contributed by atoms with Crippen molar-refractivity contribution in [3.05, 3.63) is 51.2 Å². The summed E-state index contributed by atoms with van der Waals surface area (Å²) >= 11 is 7.43. The molecule has 0 saturated heterocycles. The first-order valence-electron chi connectivity index (χ1n) is 7.97. The van der Waals surface area contributed by atoms with Crippen LogP contribution in [0.2, 0.25) is 5.02 Å². The zero-order valence-corrected chi connectivity index (χ0v) is 15.8. The standard InChI is InChI=1S/C18H19ClN2O4S/c1-12-4-5-14(9-15(12)19)21-16(22)10-25-17(23)3-2-7-20-18(24)13-6-8-26-11-13/h4-6,8-9,11H,2-3,7,10H2,1H3,(H,20,24)(H,21,22). The lowest BCUT2D eigenvalue weighted by Gasteiger charge is -2.08. The molecule has 0 spiro atoms. The number of aryl methyl sites for hydroxylation is 1. The number of thiophene rings is 1. The first kappa shape index (κ1) is 19.9. The fourth-order valence-electron chi connectivity index (χ4n) is 2.02. The number of carbonyl (C=O) groups is 3. The molecule has 0 aliphatic heterocycles. The molecular formula is C18H19ClN2O4S. The van der Waals surface area contributed by atoms with Gasteiger partial charge in [0.15, 0.2) is 6.61 Å². The topological polar surface area (TPSA) is 84.5 Å². The first-order valence-corrected chi connectivity index (χ1v) is 9.30. The SMILES string of the molecule is Cc1ccc(NC(=O)COC(=O)CCCNC(=O)c2ccsc2)cc1Cl. The lowest BCUT2D eigenvalue weighted by molar-refractivity contribution is -0.147. The van der Waals surface area contributed by atoms with Crippen molar-refractivity contribution in [2.24, 2.45) is 0 Å². The van der Waals surface area contributed by atoms with Crippen molar-refractivity contribution in [1.82, 2.24) is 5.32 Å². The van der Waals surface area contributed by atoms with Gasteiger partial charge in [0.05, 0.1) is 0 Å². The van der Waals surface area contributed by atoms with Crippen LogP contribution in [0.5, 0.6) is 0 Å². The average Bonchev–Trinajstić information content (AvgIpc) is 3.15. The molecule has 2 rings (SSSR count). The zero-order chi connectivity index (χ0) is 18.9. The molecule has 138 valence electrons. The molecule has 1 aromatic carbocycles. The van der Waals surface area contributed by atoms with Gasteiger partial charge < -0.3 is 15.4 Å². The van der Waals surface area contributed by atoms with Crippen LogP contribution in [0.3, 0.4) is 0 Å². The Balaban J connectivity index is 1.61. The van der Waals surface area contributed by atoms with Gasteiger partial charge in [-0.2, -0.15) is 11.3 Å². The minimum Gasteiger partial charge on any atom is -0.456 e. The van der Waals surface area contributed by atoms with Crippen LogP contribution < -0.4 is 10.6 Å². The number of esters is 1. The maximum absolute atomic E-state index is 11.8. The predicted octanol–water partition coefficient (Wildman–Crippen LogP) is 3.40. The Kier molecular flexibility index (Phi) is 7.62. The largest absolute Gasteiger partial charge is 0.456 e. The Morgan fingerprint density at radius 1 is 1.23 bits per heavy atom. The Bertz CT molecular complexity index is 778. The van der Waals surface area contributed by atoms with E-state index in [2.05, 4.69) is 10.6 Å². The molecule has 1 aromatic heterocycles. The Hall–Kier alpha value is -2.38. The normalized spacial score (nSPS) is 10.2. The Labute approximate surface area is 160 Å². The van der Waals surface area contributed by atoms with Crippen molar-refractivity contribution < 1.29 is 19.1 Å². The van der Waals surface area contributed by atoms with E-state index in [0.717, 1.165) is 5.56 Å². The molecule has 0 saturated carbocycles. The minimum absolute atomic E-state index is 0.119. The summed E-state index contributed by atoms with van der Waals surface area (Å²) in [6.07, 6.45) is 0.553. The van der Waals surface area contributed by atoms with Gasteiger partial charge in [-0.05, 0) is 42.5 Å². The number of amides is 2. The maximum atomic E-state index is 11.8. The van der Waals surface area contributed by atoms with Crippen molar-refractivity contribution in [2.75, 3.05) is 18.5 Å². The fourth-order valence-corrected chi connectivity index (χ4v) is 2.83. The second kappa shape index (κ2) is 9.94. The highest BCUT2D eigenvalue weighted by atomic mass is 35.5. The molecular weight excluding hydrogens is 376 g/mol. The van der Waals surface area contributed by atoms with E-state index in [0.29, 0.717) is 29.2 Å². The molecule has 0 fully saturated rings. The average molecular weight is 395 g/mol. The summed E-state index contributed by atoms with van der Waals surface area (Å²) in [7, 11) is 0. The smallest absolute Gasteiger partial charge is 0.306 e. The summed E-state index contributed by atoms with van der Waals surface area (Å²) in [6.45, 7) is 1.85. The quantitative estimate of drug-likeness (QED) is 0.530. The third-order valence-electron chi connectivity index (χ3n) is 3.45. The number of hydrogen-bond acceptors (Lipinski definition) is 5. The summed E-state index contributed by atoms with van der Waals surface area (Å²) in [5.41, 5.74) is 2.05. The molecule has 8 heteroatoms. The lowest BCUT2D eigenvalue weighted by Crippen LogP contribution is -2.25. The fraction of sp³-hybridized carbons (Fsp3) is 0.278. The van der Waals surface area contributed by atoms with Crippen LogP contribution in [0, 0.1) is 6.92 Å². The van der Waals surface area contributed by atoms with E-state index in [1.807, 2.05) is 12.3 Å². The van der Waals surface area contributed by atoms with Crippen molar-refractivity contribution in [1.29, 1.82) is 0 Å². The lowest BCUT2D eigenvalue weighted by atomic mass is 10.2. The molecule has 0 atom stereocenters. The van der Waals surface area contributed by atoms with Crippen LogP contribution in [-0.2, 0) is 14.3 Å². The number of hydrogen-bond donors (Lipinski definition) is 2. The minimum atomic E-state index is -0.494. The van der Waals surface area contributed by atoms with Crippen molar-refractivity contribution in [3.63, 3.8) is 0 Å². The first-order chi connectivity index (χ1) is 12.5. The third kappa shape index (κ3) is 6.50. The van der Waals surface area contributed by atoms with Crippen LogP contribution in [0.25, 0.3) is 0 Å². The Morgan fingerprint density at radius 2 is 2.04 bits per heavy atom. The van der Waals surface area contributed by atoms with Gasteiger partial charge in [-0.3, -0.25) is 14.4 Å². The van der Waals surface area contributed by atoms with E-state index >= 15 is 0 Å². The summed E-state index contributed by atoms with van der Waals surface area (Å²) < 4.78 is 4.91. The van der Waals surface area contributed by atoms with E-state index in [4.69, 9.17) is 16.3 Å². The molecule has 0 bridgehead atoms. The van der Waals surface area contributed by atoms with Gasteiger partial charge in [0.25, 0.3) is 11.8 Å². The van der Waals surface area contributed by atoms with E-state index in [9.17, 15) is 14.4 Å². The van der Waals surface area contributed by atoms with Crippen LogP contribution in [0.1, 0.15) is 28.8 Å². The molecule has 0 radical (unpaired) electrons. The Morgan fingerprint density at radius 3 is 2.73 bits per heavy atom. The van der Waals surface area contributed by atoms with Crippen LogP contribution in [0.15, 0.2) is 35.0 Å². The summed E-state index contributed by atoms with van der Waals surface area (Å²) in [6, 6.07) is 6.87. The van der Waals surface area contributed by atoms with Crippen molar-refractivity contribution >= 4 is 46.4 Å². The van der Waals surface area contributed by atoms with E-state index in [1.54, 1.807) is 29.6 Å². The zero-order valence-electron chi connectivity index (χ0n) is 14.2. The van der Waals surface area contributed by atoms with Gasteiger partial charge in [0.2, 0.25) is 0 Å². The number of benzene rings is 1. The van der Waals surface area contributed by atoms with Crippen molar-refractivity contribution in [3.8, 4) is 0 Å². The van der Waals surface area contributed by atoms with Gasteiger partial charge in [-0.15, -0.1) is 0 Å². The van der Waals surface area contributed by atoms with Gasteiger partial charge in [0, 0.05) is 34.6 Å². The molecule has 1 heterocycles. The summed E-state index contributed by atoms with van der Waals surface area (Å²) in [5.74, 6) is -1.10. The number of ether oxygens (including phenoxy) is 1. The number of anilines is 1. The van der Waals surface area contributed by atoms with Crippen LogP contribution in [0.4, 0.5) is 5.69 Å². The summed E-state index contributed by atoms with van der Waals surface area (Å²) in [4.78, 5) is 35.1. The molecule has 0 unspecified atom stereocenters. The highest BCUT2D eigenvalue weighted by Gasteiger charge is 2.09. The molecule has 2 N–H and O–H groups in total. The molecule has 2 amide bonds. The molecule has 26 heavy (non-hydrogen) atoms. The third-order valence-corrected chi connectivity index (χ3v) is 4.54. The van der Waals surface area contributed by atoms with Crippen molar-refractivity contribution in [2.45, 2.75) is 19.8 Å². The van der Waals surface area contributed by atoms with Crippen LogP contribution >= 0.6 is 22.9 Å². The number of nitrogens with one attached hydrogen (secondary N) is 2. The van der Waals surface area contributed by atoms with Gasteiger partial charge >= 0.3 is 5.97 Å². The monoisotopic (exact) mass is 394 g/mol. The van der Waals surface area contributed by atoms with E-state index in [-0.39, 0.29) is 18.9 Å². The van der Waals surface area contributed by atoms with Crippen LogP contribution in [-0.4, -0.2) is 30.9 Å². The van der Waals surface area contributed by atoms with E-state index in [1.165, 1.54) is 11.3 Å². The second-order valence-electron chi connectivity index (χ2n) is 5.54. The van der Waals surface area contributed by atoms with Gasteiger partial charge in [-0.25, -0.2) is 0 Å². The summed E-state index contributed by atoms with van der Waals surface area (Å²) in [5, 5.41) is 9.44.